The monoisotopic (exact) mass is 232 g/mol. The fourth-order valence-electron chi connectivity index (χ4n) is 1.93. The molecule has 1 amide bonds. The number of nitrogens with one attached hydrogen (secondary N) is 1. The summed E-state index contributed by atoms with van der Waals surface area (Å²) < 4.78 is 0. The van der Waals surface area contributed by atoms with Crippen molar-refractivity contribution >= 4 is 5.91 Å². The minimum absolute atomic E-state index is 0.00299. The van der Waals surface area contributed by atoms with Crippen molar-refractivity contribution in [3.63, 3.8) is 0 Å². The summed E-state index contributed by atoms with van der Waals surface area (Å²) in [5, 5.41) is 2.81. The van der Waals surface area contributed by atoms with Crippen molar-refractivity contribution in [2.24, 2.45) is 5.73 Å². The Morgan fingerprint density at radius 1 is 1.47 bits per heavy atom. The van der Waals surface area contributed by atoms with Gasteiger partial charge in [0.05, 0.1) is 0 Å². The molecule has 1 aliphatic rings. The Labute approximate surface area is 102 Å². The topological polar surface area (TPSA) is 55.1 Å². The first-order chi connectivity index (χ1) is 8.13. The average Bonchev–Trinajstić information content (AvgIpc) is 3.06. The molecule has 2 rings (SSSR count). The van der Waals surface area contributed by atoms with Crippen LogP contribution < -0.4 is 11.1 Å². The third kappa shape index (κ3) is 3.30. The van der Waals surface area contributed by atoms with E-state index in [1.165, 1.54) is 5.56 Å². The summed E-state index contributed by atoms with van der Waals surface area (Å²) in [5.74, 6) is 0.00299. The quantitative estimate of drug-likeness (QED) is 0.814. The van der Waals surface area contributed by atoms with E-state index in [-0.39, 0.29) is 11.4 Å². The van der Waals surface area contributed by atoms with Crippen LogP contribution in [0.2, 0.25) is 0 Å². The van der Waals surface area contributed by atoms with Crippen molar-refractivity contribution in [2.75, 3.05) is 6.54 Å². The lowest BCUT2D eigenvalue weighted by atomic mass is 10.0. The Bertz CT molecular complexity index is 410. The van der Waals surface area contributed by atoms with Gasteiger partial charge in [-0.3, -0.25) is 4.79 Å². The number of carbonyl (C=O) groups is 1. The van der Waals surface area contributed by atoms with Crippen molar-refractivity contribution < 1.29 is 4.79 Å². The molecule has 1 fully saturated rings. The maximum atomic E-state index is 11.7. The molecule has 1 aromatic carbocycles. The lowest BCUT2D eigenvalue weighted by Crippen LogP contribution is -2.23. The van der Waals surface area contributed by atoms with E-state index in [1.54, 1.807) is 0 Å². The van der Waals surface area contributed by atoms with Gasteiger partial charge in [-0.05, 0) is 50.3 Å². The normalized spacial score (nSPS) is 16.6. The Balaban J connectivity index is 1.98. The molecule has 0 atom stereocenters. The highest BCUT2D eigenvalue weighted by molar-refractivity contribution is 5.94. The summed E-state index contributed by atoms with van der Waals surface area (Å²) in [6.07, 6.45) is 4.27. The van der Waals surface area contributed by atoms with Gasteiger partial charge in [0.15, 0.2) is 0 Å². The van der Waals surface area contributed by atoms with Crippen LogP contribution in [0.25, 0.3) is 0 Å². The summed E-state index contributed by atoms with van der Waals surface area (Å²) in [6, 6.07) is 7.82. The van der Waals surface area contributed by atoms with Gasteiger partial charge in [-0.25, -0.2) is 0 Å². The van der Waals surface area contributed by atoms with Crippen molar-refractivity contribution in [3.05, 3.63) is 35.4 Å². The van der Waals surface area contributed by atoms with E-state index in [4.69, 9.17) is 5.73 Å². The number of hydrogen-bond donors (Lipinski definition) is 2. The predicted octanol–water partition coefficient (Wildman–Crippen LogP) is 1.86. The van der Waals surface area contributed by atoms with E-state index in [0.717, 1.165) is 31.2 Å². The first-order valence-electron chi connectivity index (χ1n) is 6.29. The third-order valence-electron chi connectivity index (χ3n) is 3.33. The van der Waals surface area contributed by atoms with Gasteiger partial charge in [-0.1, -0.05) is 12.1 Å². The first-order valence-corrected chi connectivity index (χ1v) is 6.29. The average molecular weight is 232 g/mol. The molecule has 0 radical (unpaired) electrons. The second-order valence-corrected chi connectivity index (χ2v) is 4.92. The van der Waals surface area contributed by atoms with Gasteiger partial charge in [0.2, 0.25) is 0 Å². The Morgan fingerprint density at radius 3 is 2.88 bits per heavy atom. The van der Waals surface area contributed by atoms with Gasteiger partial charge >= 0.3 is 0 Å². The molecular weight excluding hydrogens is 212 g/mol. The largest absolute Gasteiger partial charge is 0.352 e. The molecule has 0 bridgehead atoms. The highest BCUT2D eigenvalue weighted by Crippen LogP contribution is 2.36. The minimum Gasteiger partial charge on any atom is -0.352 e. The van der Waals surface area contributed by atoms with Gasteiger partial charge in [0.1, 0.15) is 0 Å². The SMILES string of the molecule is CCNC(=O)c1cccc(CCC2(N)CC2)c1. The van der Waals surface area contributed by atoms with Crippen LogP contribution in [0.4, 0.5) is 0 Å². The summed E-state index contributed by atoms with van der Waals surface area (Å²) in [4.78, 5) is 11.7. The van der Waals surface area contributed by atoms with E-state index in [9.17, 15) is 4.79 Å². The van der Waals surface area contributed by atoms with Crippen molar-refractivity contribution in [3.8, 4) is 0 Å². The van der Waals surface area contributed by atoms with Crippen molar-refractivity contribution in [2.45, 2.75) is 38.1 Å². The minimum atomic E-state index is 0.00299. The Kier molecular flexibility index (Phi) is 3.48. The van der Waals surface area contributed by atoms with Gasteiger partial charge in [0.25, 0.3) is 5.91 Å². The van der Waals surface area contributed by atoms with E-state index in [0.29, 0.717) is 6.54 Å². The molecule has 0 aliphatic heterocycles. The van der Waals surface area contributed by atoms with Crippen LogP contribution in [0, 0.1) is 0 Å². The number of rotatable bonds is 5. The van der Waals surface area contributed by atoms with Crippen LogP contribution in [0.5, 0.6) is 0 Å². The number of aryl methyl sites for hydroxylation is 1. The van der Waals surface area contributed by atoms with E-state index in [1.807, 2.05) is 25.1 Å². The highest BCUT2D eigenvalue weighted by Gasteiger charge is 2.37. The van der Waals surface area contributed by atoms with Crippen LogP contribution in [0.1, 0.15) is 42.1 Å². The van der Waals surface area contributed by atoms with Crippen LogP contribution in [0.15, 0.2) is 24.3 Å². The van der Waals surface area contributed by atoms with Gasteiger partial charge in [0, 0.05) is 17.6 Å². The van der Waals surface area contributed by atoms with E-state index < -0.39 is 0 Å². The van der Waals surface area contributed by atoms with Gasteiger partial charge in [-0.2, -0.15) is 0 Å². The fourth-order valence-corrected chi connectivity index (χ4v) is 1.93. The lowest BCUT2D eigenvalue weighted by Gasteiger charge is -2.09. The number of nitrogens with two attached hydrogens (primary N) is 1. The van der Waals surface area contributed by atoms with Crippen molar-refractivity contribution in [1.82, 2.24) is 5.32 Å². The zero-order chi connectivity index (χ0) is 12.3. The maximum absolute atomic E-state index is 11.7. The molecule has 3 nitrogen and oxygen atoms in total. The van der Waals surface area contributed by atoms with E-state index >= 15 is 0 Å². The summed E-state index contributed by atoms with van der Waals surface area (Å²) in [7, 11) is 0. The molecule has 0 unspecified atom stereocenters. The smallest absolute Gasteiger partial charge is 0.251 e. The first kappa shape index (κ1) is 12.1. The zero-order valence-corrected chi connectivity index (χ0v) is 10.3. The molecule has 0 heterocycles. The Hall–Kier alpha value is -1.35. The molecule has 0 aromatic heterocycles. The second-order valence-electron chi connectivity index (χ2n) is 4.92. The summed E-state index contributed by atoms with van der Waals surface area (Å²) >= 11 is 0. The van der Waals surface area contributed by atoms with E-state index in [2.05, 4.69) is 11.4 Å². The number of carbonyl (C=O) groups excluding carboxylic acids is 1. The molecule has 3 N–H and O–H groups in total. The molecule has 1 saturated carbocycles. The zero-order valence-electron chi connectivity index (χ0n) is 10.3. The molecule has 92 valence electrons. The van der Waals surface area contributed by atoms with Crippen LogP contribution in [-0.2, 0) is 6.42 Å². The predicted molar refractivity (Wildman–Crippen MR) is 68.9 cm³/mol. The summed E-state index contributed by atoms with van der Waals surface area (Å²) in [6.45, 7) is 2.59. The van der Waals surface area contributed by atoms with Crippen molar-refractivity contribution in [1.29, 1.82) is 0 Å². The number of hydrogen-bond acceptors (Lipinski definition) is 2. The molecule has 0 saturated heterocycles. The van der Waals surface area contributed by atoms with Gasteiger partial charge < -0.3 is 11.1 Å². The highest BCUT2D eigenvalue weighted by atomic mass is 16.1. The van der Waals surface area contributed by atoms with Crippen LogP contribution >= 0.6 is 0 Å². The third-order valence-corrected chi connectivity index (χ3v) is 3.33. The molecular formula is C14H20N2O. The maximum Gasteiger partial charge on any atom is 0.251 e. The Morgan fingerprint density at radius 2 is 2.24 bits per heavy atom. The molecule has 3 heteroatoms. The lowest BCUT2D eigenvalue weighted by molar-refractivity contribution is 0.0955. The molecule has 17 heavy (non-hydrogen) atoms. The van der Waals surface area contributed by atoms with Crippen LogP contribution in [0.3, 0.4) is 0 Å². The van der Waals surface area contributed by atoms with Crippen LogP contribution in [-0.4, -0.2) is 18.0 Å². The number of benzene rings is 1. The second kappa shape index (κ2) is 4.88. The molecule has 1 aliphatic carbocycles. The molecule has 0 spiro atoms. The summed E-state index contributed by atoms with van der Waals surface area (Å²) in [5.41, 5.74) is 8.09. The number of amides is 1. The fraction of sp³-hybridized carbons (Fsp3) is 0.500. The van der Waals surface area contributed by atoms with Gasteiger partial charge in [-0.15, -0.1) is 0 Å². The standard InChI is InChI=1S/C14H20N2O/c1-2-16-13(17)12-5-3-4-11(10-12)6-7-14(15)8-9-14/h3-5,10H,2,6-9,15H2,1H3,(H,16,17). The molecule has 1 aromatic rings.